The summed E-state index contributed by atoms with van der Waals surface area (Å²) in [5, 5.41) is 0. The Morgan fingerprint density at radius 1 is 1.62 bits per heavy atom. The van der Waals surface area contributed by atoms with Gasteiger partial charge >= 0.3 is 5.97 Å². The summed E-state index contributed by atoms with van der Waals surface area (Å²) in [6.45, 7) is 2.01. The minimum Gasteiger partial charge on any atom is -0.464 e. The van der Waals surface area contributed by atoms with Crippen LogP contribution in [0.2, 0.25) is 0 Å². The van der Waals surface area contributed by atoms with Crippen LogP contribution in [0, 0.1) is 5.82 Å². The van der Waals surface area contributed by atoms with Gasteiger partial charge in [-0.05, 0) is 37.0 Å². The SMILES string of the molecule is CCOC(=O)C1(N)CCc2c(F)cccc21. The fourth-order valence-electron chi connectivity index (χ4n) is 2.16. The quantitative estimate of drug-likeness (QED) is 0.773. The summed E-state index contributed by atoms with van der Waals surface area (Å²) in [7, 11) is 0. The fraction of sp³-hybridized carbons (Fsp3) is 0.417. The zero-order valence-corrected chi connectivity index (χ0v) is 9.13. The van der Waals surface area contributed by atoms with Gasteiger partial charge in [0.15, 0.2) is 0 Å². The molecule has 0 amide bonds. The van der Waals surface area contributed by atoms with Crippen LogP contribution in [-0.2, 0) is 21.5 Å². The Morgan fingerprint density at radius 3 is 3.06 bits per heavy atom. The first-order valence-electron chi connectivity index (χ1n) is 5.33. The number of halogens is 1. The number of benzene rings is 1. The number of carbonyl (C=O) groups is 1. The Labute approximate surface area is 93.4 Å². The Hall–Kier alpha value is -1.42. The van der Waals surface area contributed by atoms with E-state index in [0.717, 1.165) is 0 Å². The van der Waals surface area contributed by atoms with E-state index in [1.807, 2.05) is 0 Å². The van der Waals surface area contributed by atoms with Crippen molar-refractivity contribution in [3.63, 3.8) is 0 Å². The van der Waals surface area contributed by atoms with Crippen LogP contribution in [0.25, 0.3) is 0 Å². The summed E-state index contributed by atoms with van der Waals surface area (Å²) in [5.41, 5.74) is 5.96. The molecule has 1 aromatic rings. The van der Waals surface area contributed by atoms with Gasteiger partial charge in [-0.15, -0.1) is 0 Å². The van der Waals surface area contributed by atoms with E-state index in [-0.39, 0.29) is 12.4 Å². The molecular weight excluding hydrogens is 209 g/mol. The molecule has 0 radical (unpaired) electrons. The Bertz CT molecular complexity index is 433. The maximum absolute atomic E-state index is 13.5. The molecule has 0 bridgehead atoms. The van der Waals surface area contributed by atoms with E-state index in [0.29, 0.717) is 24.0 Å². The van der Waals surface area contributed by atoms with Crippen LogP contribution in [0.15, 0.2) is 18.2 Å². The van der Waals surface area contributed by atoms with Gasteiger partial charge in [-0.2, -0.15) is 0 Å². The molecule has 1 aliphatic carbocycles. The lowest BCUT2D eigenvalue weighted by atomic mass is 9.93. The first-order valence-corrected chi connectivity index (χ1v) is 5.33. The molecule has 16 heavy (non-hydrogen) atoms. The summed E-state index contributed by atoms with van der Waals surface area (Å²) in [6, 6.07) is 4.65. The van der Waals surface area contributed by atoms with E-state index >= 15 is 0 Å². The maximum Gasteiger partial charge on any atom is 0.330 e. The molecular formula is C12H14FNO2. The highest BCUT2D eigenvalue weighted by molar-refractivity contribution is 5.84. The zero-order chi connectivity index (χ0) is 11.8. The third-order valence-electron chi connectivity index (χ3n) is 3.01. The number of rotatable bonds is 2. The van der Waals surface area contributed by atoms with Crippen LogP contribution in [0.4, 0.5) is 4.39 Å². The van der Waals surface area contributed by atoms with Gasteiger partial charge in [0.05, 0.1) is 6.61 Å². The van der Waals surface area contributed by atoms with Crippen molar-refractivity contribution in [3.05, 3.63) is 35.1 Å². The first-order chi connectivity index (χ1) is 7.59. The molecule has 1 aliphatic rings. The van der Waals surface area contributed by atoms with Crippen molar-refractivity contribution >= 4 is 5.97 Å². The van der Waals surface area contributed by atoms with Crippen molar-refractivity contribution in [2.45, 2.75) is 25.3 Å². The lowest BCUT2D eigenvalue weighted by Crippen LogP contribution is -2.44. The van der Waals surface area contributed by atoms with Crippen LogP contribution in [0.3, 0.4) is 0 Å². The topological polar surface area (TPSA) is 52.3 Å². The van der Waals surface area contributed by atoms with Gasteiger partial charge < -0.3 is 10.5 Å². The number of nitrogens with two attached hydrogens (primary N) is 1. The molecule has 2 rings (SSSR count). The van der Waals surface area contributed by atoms with E-state index in [2.05, 4.69) is 0 Å². The second-order valence-electron chi connectivity index (χ2n) is 3.96. The average molecular weight is 223 g/mol. The maximum atomic E-state index is 13.5. The Kier molecular flexibility index (Phi) is 2.68. The molecule has 0 fully saturated rings. The zero-order valence-electron chi connectivity index (χ0n) is 9.13. The number of fused-ring (bicyclic) bond motifs is 1. The van der Waals surface area contributed by atoms with E-state index in [1.165, 1.54) is 6.07 Å². The predicted octanol–water partition coefficient (Wildman–Crippen LogP) is 1.49. The van der Waals surface area contributed by atoms with Crippen molar-refractivity contribution in [1.29, 1.82) is 0 Å². The average Bonchev–Trinajstić information content (AvgIpc) is 2.60. The van der Waals surface area contributed by atoms with Crippen molar-refractivity contribution in [2.24, 2.45) is 5.73 Å². The van der Waals surface area contributed by atoms with E-state index < -0.39 is 11.5 Å². The molecule has 4 heteroatoms. The molecule has 0 aliphatic heterocycles. The number of ether oxygens (including phenoxy) is 1. The minimum atomic E-state index is -1.17. The van der Waals surface area contributed by atoms with Crippen molar-refractivity contribution in [1.82, 2.24) is 0 Å². The minimum absolute atomic E-state index is 0.280. The van der Waals surface area contributed by atoms with Gasteiger partial charge in [-0.25, -0.2) is 9.18 Å². The molecule has 2 N–H and O–H groups in total. The summed E-state index contributed by atoms with van der Waals surface area (Å²) < 4.78 is 18.4. The molecule has 86 valence electrons. The van der Waals surface area contributed by atoms with Crippen molar-refractivity contribution in [3.8, 4) is 0 Å². The predicted molar refractivity (Wildman–Crippen MR) is 57.2 cm³/mol. The van der Waals surface area contributed by atoms with Gasteiger partial charge in [0, 0.05) is 0 Å². The molecule has 0 aromatic heterocycles. The lowest BCUT2D eigenvalue weighted by Gasteiger charge is -2.22. The van der Waals surface area contributed by atoms with E-state index in [9.17, 15) is 9.18 Å². The Morgan fingerprint density at radius 2 is 2.38 bits per heavy atom. The normalized spacial score (nSPS) is 22.9. The number of esters is 1. The van der Waals surface area contributed by atoms with Crippen LogP contribution < -0.4 is 5.73 Å². The highest BCUT2D eigenvalue weighted by Gasteiger charge is 2.44. The summed E-state index contributed by atoms with van der Waals surface area (Å²) in [6.07, 6.45) is 0.888. The molecule has 3 nitrogen and oxygen atoms in total. The smallest absolute Gasteiger partial charge is 0.330 e. The van der Waals surface area contributed by atoms with E-state index in [4.69, 9.17) is 10.5 Å². The monoisotopic (exact) mass is 223 g/mol. The van der Waals surface area contributed by atoms with Crippen LogP contribution in [0.5, 0.6) is 0 Å². The first kappa shape index (κ1) is 11.1. The van der Waals surface area contributed by atoms with Gasteiger partial charge in [0.2, 0.25) is 0 Å². The third kappa shape index (κ3) is 1.50. The summed E-state index contributed by atoms with van der Waals surface area (Å²) in [4.78, 5) is 11.8. The molecule has 1 atom stereocenters. The van der Waals surface area contributed by atoms with Gasteiger partial charge in [-0.3, -0.25) is 0 Å². The second-order valence-corrected chi connectivity index (χ2v) is 3.96. The van der Waals surface area contributed by atoms with Gasteiger partial charge in [0.1, 0.15) is 11.4 Å². The fourth-order valence-corrected chi connectivity index (χ4v) is 2.16. The highest BCUT2D eigenvalue weighted by atomic mass is 19.1. The summed E-state index contributed by atoms with van der Waals surface area (Å²) >= 11 is 0. The Balaban J connectivity index is 2.42. The highest BCUT2D eigenvalue weighted by Crippen LogP contribution is 2.36. The number of hydrogen-bond acceptors (Lipinski definition) is 3. The van der Waals surface area contributed by atoms with Crippen LogP contribution in [0.1, 0.15) is 24.5 Å². The molecule has 1 aromatic carbocycles. The molecule has 1 unspecified atom stereocenters. The molecule has 0 saturated heterocycles. The van der Waals surface area contributed by atoms with Crippen molar-refractivity contribution < 1.29 is 13.9 Å². The second kappa shape index (κ2) is 3.87. The number of carbonyl (C=O) groups excluding carboxylic acids is 1. The summed E-state index contributed by atoms with van der Waals surface area (Å²) in [5.74, 6) is -0.770. The standard InChI is InChI=1S/C12H14FNO2/c1-2-16-11(15)12(14)7-6-8-9(12)4-3-5-10(8)13/h3-5H,2,6-7,14H2,1H3. The molecule has 0 saturated carbocycles. The number of hydrogen-bond donors (Lipinski definition) is 1. The van der Waals surface area contributed by atoms with Crippen LogP contribution >= 0.6 is 0 Å². The molecule has 0 spiro atoms. The van der Waals surface area contributed by atoms with Gasteiger partial charge in [-0.1, -0.05) is 12.1 Å². The van der Waals surface area contributed by atoms with Gasteiger partial charge in [0.25, 0.3) is 0 Å². The largest absolute Gasteiger partial charge is 0.464 e. The molecule has 0 heterocycles. The van der Waals surface area contributed by atoms with E-state index in [1.54, 1.807) is 19.1 Å². The third-order valence-corrected chi connectivity index (χ3v) is 3.01. The van der Waals surface area contributed by atoms with Crippen LogP contribution in [-0.4, -0.2) is 12.6 Å². The lowest BCUT2D eigenvalue weighted by molar-refractivity contribution is -0.150. The van der Waals surface area contributed by atoms with Crippen molar-refractivity contribution in [2.75, 3.05) is 6.61 Å².